The monoisotopic (exact) mass is 564 g/mol. The zero-order valence-corrected chi connectivity index (χ0v) is 25.5. The van der Waals surface area contributed by atoms with Gasteiger partial charge in [-0.25, -0.2) is 0 Å². The first-order chi connectivity index (χ1) is 20.6. The van der Waals surface area contributed by atoms with E-state index in [1.165, 1.54) is 82.6 Å². The van der Waals surface area contributed by atoms with Crippen LogP contribution in [0.2, 0.25) is 0 Å². The number of rotatable bonds is 6. The molecule has 9 aliphatic carbocycles. The quantitative estimate of drug-likeness (QED) is 0.274. The average Bonchev–Trinajstić information content (AvgIpc) is 3.22. The lowest BCUT2D eigenvalue weighted by Gasteiger charge is -2.44. The minimum atomic E-state index is -0.319. The number of carbonyl (C=O) groups excluding carboxylic acids is 1. The maximum atomic E-state index is 12.7. The molecule has 1 aromatic rings. The fourth-order valence-corrected chi connectivity index (χ4v) is 14.2. The average molecular weight is 565 g/mol. The number of hydrogen-bond acceptors (Lipinski definition) is 3. The molecule has 8 fully saturated rings. The van der Waals surface area contributed by atoms with Gasteiger partial charge in [0.15, 0.2) is 0 Å². The van der Waals surface area contributed by atoms with Gasteiger partial charge in [0.25, 0.3) is 0 Å². The zero-order chi connectivity index (χ0) is 28.2. The molecule has 1 aromatic carbocycles. The Morgan fingerprint density at radius 1 is 0.881 bits per heavy atom. The van der Waals surface area contributed by atoms with Crippen molar-refractivity contribution >= 4 is 12.0 Å². The van der Waals surface area contributed by atoms with Crippen LogP contribution in [-0.4, -0.2) is 18.9 Å². The number of fused-ring (bicyclic) bond motifs is 5. The number of aldehydes is 1. The van der Waals surface area contributed by atoms with Gasteiger partial charge in [-0.2, -0.15) is 0 Å². The molecular formula is C39H52N2O. The van der Waals surface area contributed by atoms with Crippen LogP contribution < -0.4 is 11.1 Å². The Bertz CT molecular complexity index is 1250. The van der Waals surface area contributed by atoms with Crippen molar-refractivity contribution in [3.05, 3.63) is 54.6 Å². The summed E-state index contributed by atoms with van der Waals surface area (Å²) in [6.07, 6.45) is 21.5. The fourth-order valence-electron chi connectivity index (χ4n) is 14.2. The molecule has 224 valence electrons. The van der Waals surface area contributed by atoms with E-state index in [9.17, 15) is 4.79 Å². The van der Waals surface area contributed by atoms with Gasteiger partial charge in [0.1, 0.15) is 6.29 Å². The summed E-state index contributed by atoms with van der Waals surface area (Å²) in [7, 11) is 0. The summed E-state index contributed by atoms with van der Waals surface area (Å²) in [4.78, 5) is 12.7. The van der Waals surface area contributed by atoms with E-state index in [0.29, 0.717) is 29.6 Å². The second-order valence-electron chi connectivity index (χ2n) is 16.6. The minimum absolute atomic E-state index is 0.00731. The van der Waals surface area contributed by atoms with Gasteiger partial charge in [-0.3, -0.25) is 0 Å². The highest BCUT2D eigenvalue weighted by molar-refractivity contribution is 5.62. The van der Waals surface area contributed by atoms with E-state index in [2.05, 4.69) is 47.8 Å². The maximum Gasteiger partial charge on any atom is 0.137 e. The summed E-state index contributed by atoms with van der Waals surface area (Å²) in [5.74, 6) is 11.1. The molecule has 3 nitrogen and oxygen atoms in total. The van der Waals surface area contributed by atoms with Gasteiger partial charge in [-0.05, 0) is 166 Å². The number of allylic oxidation sites excluding steroid dienone is 3. The Balaban J connectivity index is 0.994. The molecule has 3 heteroatoms. The summed E-state index contributed by atoms with van der Waals surface area (Å²) in [6, 6.07) is 10.4. The van der Waals surface area contributed by atoms with Crippen LogP contribution in [0.4, 0.5) is 5.69 Å². The summed E-state index contributed by atoms with van der Waals surface area (Å²) in [5.41, 5.74) is 9.85. The molecule has 0 aliphatic heterocycles. The van der Waals surface area contributed by atoms with Crippen molar-refractivity contribution < 1.29 is 4.79 Å². The third-order valence-electron chi connectivity index (χ3n) is 15.5. The number of nitrogens with one attached hydrogen (secondary N) is 1. The summed E-state index contributed by atoms with van der Waals surface area (Å²) >= 11 is 0. The Morgan fingerprint density at radius 2 is 1.67 bits per heavy atom. The Hall–Kier alpha value is -1.87. The van der Waals surface area contributed by atoms with Crippen LogP contribution in [0.15, 0.2) is 54.6 Å². The van der Waals surface area contributed by atoms with Crippen LogP contribution in [0.5, 0.6) is 0 Å². The van der Waals surface area contributed by atoms with Crippen molar-refractivity contribution in [2.75, 3.05) is 11.9 Å². The fraction of sp³-hybridized carbons (Fsp3) is 0.718. The second-order valence-corrected chi connectivity index (χ2v) is 16.6. The Kier molecular flexibility index (Phi) is 6.20. The molecular weight excluding hydrogens is 512 g/mol. The van der Waals surface area contributed by atoms with Gasteiger partial charge in [0, 0.05) is 17.6 Å². The van der Waals surface area contributed by atoms with Crippen LogP contribution in [0.3, 0.4) is 0 Å². The number of anilines is 1. The highest BCUT2D eigenvalue weighted by Gasteiger charge is 2.76. The molecule has 10 rings (SSSR count). The van der Waals surface area contributed by atoms with Gasteiger partial charge >= 0.3 is 0 Å². The van der Waals surface area contributed by atoms with Crippen LogP contribution in [0.1, 0.15) is 70.6 Å². The van der Waals surface area contributed by atoms with E-state index in [4.69, 9.17) is 12.3 Å². The van der Waals surface area contributed by atoms with Gasteiger partial charge < -0.3 is 15.8 Å². The number of nitrogens with two attached hydrogens (primary N) is 1. The first-order valence-electron chi connectivity index (χ1n) is 17.9. The van der Waals surface area contributed by atoms with Crippen molar-refractivity contribution in [2.45, 2.75) is 76.7 Å². The molecule has 16 atom stereocenters. The first-order valence-corrected chi connectivity index (χ1v) is 17.9. The third kappa shape index (κ3) is 3.70. The SMILES string of the molecule is C=C1CCC2C(C3C1CC1C4C5CCC4CC(CC5)C13)C2(C(N)C=O)C1C=CC2CC(CNc3ccccc3)CC2C1. The lowest BCUT2D eigenvalue weighted by atomic mass is 9.61. The summed E-state index contributed by atoms with van der Waals surface area (Å²) in [5, 5.41) is 3.71. The van der Waals surface area contributed by atoms with E-state index < -0.39 is 0 Å². The summed E-state index contributed by atoms with van der Waals surface area (Å²) in [6.45, 7) is 5.84. The van der Waals surface area contributed by atoms with Crippen molar-refractivity contribution in [1.82, 2.24) is 0 Å². The maximum absolute atomic E-state index is 12.7. The number of benzene rings is 1. The second kappa shape index (κ2) is 9.82. The normalized spacial score (nSPS) is 52.0. The van der Waals surface area contributed by atoms with Gasteiger partial charge in [0.2, 0.25) is 0 Å². The molecule has 8 saturated carbocycles. The van der Waals surface area contributed by atoms with Crippen LogP contribution >= 0.6 is 0 Å². The smallest absolute Gasteiger partial charge is 0.137 e. The molecule has 0 amide bonds. The lowest BCUT2D eigenvalue weighted by Crippen LogP contribution is -2.44. The van der Waals surface area contributed by atoms with Crippen molar-refractivity contribution in [3.8, 4) is 0 Å². The van der Waals surface area contributed by atoms with Crippen molar-refractivity contribution in [2.24, 2.45) is 94.0 Å². The van der Waals surface area contributed by atoms with Gasteiger partial charge in [-0.1, -0.05) is 42.5 Å². The molecule has 42 heavy (non-hydrogen) atoms. The Morgan fingerprint density at radius 3 is 2.48 bits per heavy atom. The molecule has 0 saturated heterocycles. The molecule has 0 spiro atoms. The molecule has 0 aromatic heterocycles. The van der Waals surface area contributed by atoms with Crippen LogP contribution in [-0.2, 0) is 4.79 Å². The molecule has 9 aliphatic rings. The highest BCUT2D eigenvalue weighted by atomic mass is 16.1. The third-order valence-corrected chi connectivity index (χ3v) is 15.5. The number of para-hydroxylation sites is 1. The molecule has 0 heterocycles. The first kappa shape index (κ1) is 26.5. The van der Waals surface area contributed by atoms with E-state index in [1.54, 1.807) is 5.57 Å². The number of carbonyl (C=O) groups is 1. The molecule has 0 radical (unpaired) electrons. The van der Waals surface area contributed by atoms with E-state index in [1.807, 2.05) is 0 Å². The predicted octanol–water partition coefficient (Wildman–Crippen LogP) is 7.75. The largest absolute Gasteiger partial charge is 0.385 e. The lowest BCUT2D eigenvalue weighted by molar-refractivity contribution is -0.111. The zero-order valence-electron chi connectivity index (χ0n) is 25.5. The van der Waals surface area contributed by atoms with E-state index >= 15 is 0 Å². The predicted molar refractivity (Wildman–Crippen MR) is 169 cm³/mol. The van der Waals surface area contributed by atoms with Crippen molar-refractivity contribution in [1.29, 1.82) is 0 Å². The van der Waals surface area contributed by atoms with Gasteiger partial charge in [-0.15, -0.1) is 0 Å². The number of hydrogen-bond donors (Lipinski definition) is 2. The van der Waals surface area contributed by atoms with Crippen LogP contribution in [0.25, 0.3) is 0 Å². The molecule has 4 bridgehead atoms. The van der Waals surface area contributed by atoms with Crippen molar-refractivity contribution in [3.63, 3.8) is 0 Å². The highest BCUT2D eigenvalue weighted by Crippen LogP contribution is 2.79. The standard InChI is InChI=1S/C39H52N2O/c1-22-7-14-33-38(37-31(22)19-32-35-24-8-10-26(35)17-27(11-9-24)36(32)37)39(33,34(40)21-42)29-13-12-25-15-23(16-28(25)18-29)20-41-30-5-3-2-4-6-30/h2-6,12-13,21,23-29,31-38,41H,1,7-11,14-20,40H2. The topological polar surface area (TPSA) is 55.1 Å². The van der Waals surface area contributed by atoms with E-state index in [0.717, 1.165) is 59.8 Å². The minimum Gasteiger partial charge on any atom is -0.385 e. The Labute approximate surface area is 253 Å². The van der Waals surface area contributed by atoms with E-state index in [-0.39, 0.29) is 11.5 Å². The molecule has 3 N–H and O–H groups in total. The van der Waals surface area contributed by atoms with Gasteiger partial charge in [0.05, 0.1) is 6.04 Å². The van der Waals surface area contributed by atoms with Crippen LogP contribution in [0, 0.1) is 88.3 Å². The molecule has 16 unspecified atom stereocenters. The summed E-state index contributed by atoms with van der Waals surface area (Å²) < 4.78 is 0.